The molecule has 3 fully saturated rings. The Balaban J connectivity index is 2.25. The summed E-state index contributed by atoms with van der Waals surface area (Å²) in [6.45, 7) is 0. The summed E-state index contributed by atoms with van der Waals surface area (Å²) in [5, 5.41) is 17.8. The molecule has 0 aromatic carbocycles. The third-order valence-corrected chi connectivity index (χ3v) is 2.77. The molecule has 13 heavy (non-hydrogen) atoms. The second kappa shape index (κ2) is 2.94. The van der Waals surface area contributed by atoms with Crippen LogP contribution in [0.25, 0.3) is 0 Å². The number of aliphatic carboxylic acids is 1. The Bertz CT molecular complexity index is 261. The van der Waals surface area contributed by atoms with Crippen LogP contribution in [0.4, 0.5) is 0 Å². The first-order chi connectivity index (χ1) is 6.18. The Labute approximate surface area is 75.8 Å². The van der Waals surface area contributed by atoms with Crippen molar-refractivity contribution in [3.63, 3.8) is 0 Å². The van der Waals surface area contributed by atoms with Crippen LogP contribution in [0.1, 0.15) is 25.7 Å². The van der Waals surface area contributed by atoms with Gasteiger partial charge >= 0.3 is 5.97 Å². The minimum atomic E-state index is -1.29. The van der Waals surface area contributed by atoms with Gasteiger partial charge in [-0.3, -0.25) is 0 Å². The van der Waals surface area contributed by atoms with Crippen molar-refractivity contribution in [2.45, 2.75) is 31.8 Å². The summed E-state index contributed by atoms with van der Waals surface area (Å²) in [6.07, 6.45) is 3.98. The molecule has 2 bridgehead atoms. The van der Waals surface area contributed by atoms with Crippen LogP contribution in [0.2, 0.25) is 0 Å². The second-order valence-electron chi connectivity index (χ2n) is 3.61. The fraction of sp³-hybridized carbons (Fsp3) is 0.667. The van der Waals surface area contributed by atoms with Gasteiger partial charge in [-0.2, -0.15) is 0 Å². The number of hydrogen-bond acceptors (Lipinski definition) is 3. The Morgan fingerprint density at radius 1 is 1.23 bits per heavy atom. The lowest BCUT2D eigenvalue weighted by Crippen LogP contribution is -2.32. The highest BCUT2D eigenvalue weighted by molar-refractivity contribution is 5.84. The Morgan fingerprint density at radius 3 is 2.23 bits per heavy atom. The normalized spacial score (nSPS) is 35.4. The Morgan fingerprint density at radius 2 is 1.85 bits per heavy atom. The standard InChI is InChI=1S/C9H12O4/c10-7(9(11)12)8-5-1-3-6(13-8)4-2-5/h5-6,10H,1-4H2,(H,11,12). The first-order valence-electron chi connectivity index (χ1n) is 4.51. The van der Waals surface area contributed by atoms with Crippen molar-refractivity contribution in [3.05, 3.63) is 11.5 Å². The van der Waals surface area contributed by atoms with Crippen molar-refractivity contribution in [3.8, 4) is 0 Å². The molecule has 72 valence electrons. The molecule has 2 heterocycles. The summed E-state index contributed by atoms with van der Waals surface area (Å²) in [7, 11) is 0. The molecule has 0 spiro atoms. The zero-order chi connectivity index (χ0) is 9.42. The van der Waals surface area contributed by atoms with Crippen LogP contribution in [-0.4, -0.2) is 22.3 Å². The number of carbonyl (C=O) groups is 1. The van der Waals surface area contributed by atoms with E-state index in [-0.39, 0.29) is 12.0 Å². The lowest BCUT2D eigenvalue weighted by molar-refractivity contribution is -0.136. The van der Waals surface area contributed by atoms with E-state index in [2.05, 4.69) is 0 Å². The molecule has 0 atom stereocenters. The highest BCUT2D eigenvalue weighted by Crippen LogP contribution is 2.40. The van der Waals surface area contributed by atoms with E-state index in [1.54, 1.807) is 0 Å². The first-order valence-corrected chi connectivity index (χ1v) is 4.51. The second-order valence-corrected chi connectivity index (χ2v) is 3.61. The Hall–Kier alpha value is -1.19. The molecule has 2 N–H and O–H groups in total. The van der Waals surface area contributed by atoms with Gasteiger partial charge in [-0.15, -0.1) is 0 Å². The minimum absolute atomic E-state index is 0.126. The maximum atomic E-state index is 10.5. The van der Waals surface area contributed by atoms with E-state index in [4.69, 9.17) is 9.84 Å². The third kappa shape index (κ3) is 1.36. The van der Waals surface area contributed by atoms with E-state index < -0.39 is 11.7 Å². The summed E-state index contributed by atoms with van der Waals surface area (Å²) in [5.74, 6) is -1.46. The number of allylic oxidation sites excluding steroid dienone is 1. The number of carboxylic acids is 1. The molecular weight excluding hydrogens is 172 g/mol. The molecule has 1 saturated carbocycles. The van der Waals surface area contributed by atoms with Crippen LogP contribution in [-0.2, 0) is 9.53 Å². The van der Waals surface area contributed by atoms with Crippen LogP contribution < -0.4 is 0 Å². The summed E-state index contributed by atoms with van der Waals surface area (Å²) in [4.78, 5) is 10.5. The number of rotatable bonds is 1. The predicted molar refractivity (Wildman–Crippen MR) is 44.1 cm³/mol. The van der Waals surface area contributed by atoms with Crippen LogP contribution in [0.3, 0.4) is 0 Å². The summed E-state index contributed by atoms with van der Waals surface area (Å²) in [6, 6.07) is 0. The maximum absolute atomic E-state index is 10.5. The van der Waals surface area contributed by atoms with Crippen LogP contribution in [0.15, 0.2) is 11.5 Å². The summed E-state index contributed by atoms with van der Waals surface area (Å²) >= 11 is 0. The zero-order valence-corrected chi connectivity index (χ0v) is 7.19. The molecular formula is C9H12O4. The van der Waals surface area contributed by atoms with E-state index in [0.29, 0.717) is 5.76 Å². The highest BCUT2D eigenvalue weighted by Gasteiger charge is 2.36. The van der Waals surface area contributed by atoms with E-state index >= 15 is 0 Å². The highest BCUT2D eigenvalue weighted by atomic mass is 16.5. The summed E-state index contributed by atoms with van der Waals surface area (Å²) < 4.78 is 5.36. The quantitative estimate of drug-likeness (QED) is 0.478. The van der Waals surface area contributed by atoms with Gasteiger partial charge in [0.05, 0.1) is 6.10 Å². The van der Waals surface area contributed by atoms with Crippen molar-refractivity contribution in [2.24, 2.45) is 5.92 Å². The van der Waals surface area contributed by atoms with Gasteiger partial charge in [-0.1, -0.05) is 0 Å². The lowest BCUT2D eigenvalue weighted by atomic mass is 9.82. The average molecular weight is 184 g/mol. The molecule has 0 radical (unpaired) electrons. The number of carboxylic acid groups (broad SMARTS) is 1. The van der Waals surface area contributed by atoms with Gasteiger partial charge in [0.2, 0.25) is 5.76 Å². The molecule has 4 nitrogen and oxygen atoms in total. The maximum Gasteiger partial charge on any atom is 0.374 e. The summed E-state index contributed by atoms with van der Waals surface area (Å²) in [5.41, 5.74) is 0. The largest absolute Gasteiger partial charge is 0.499 e. The third-order valence-electron chi connectivity index (χ3n) is 2.77. The molecule has 3 rings (SSSR count). The van der Waals surface area contributed by atoms with Crippen molar-refractivity contribution in [1.29, 1.82) is 0 Å². The van der Waals surface area contributed by atoms with Crippen LogP contribution in [0.5, 0.6) is 0 Å². The minimum Gasteiger partial charge on any atom is -0.499 e. The fourth-order valence-electron chi connectivity index (χ4n) is 2.07. The molecule has 2 aliphatic heterocycles. The van der Waals surface area contributed by atoms with E-state index in [9.17, 15) is 9.90 Å². The first kappa shape index (κ1) is 8.41. The van der Waals surface area contributed by atoms with Crippen molar-refractivity contribution >= 4 is 5.97 Å². The number of fused-ring (bicyclic) bond motifs is 3. The average Bonchev–Trinajstić information content (AvgIpc) is 2.18. The van der Waals surface area contributed by atoms with E-state index in [1.165, 1.54) is 0 Å². The Kier molecular flexibility index (Phi) is 1.90. The van der Waals surface area contributed by atoms with E-state index in [0.717, 1.165) is 25.7 Å². The van der Waals surface area contributed by atoms with Gasteiger partial charge in [0.1, 0.15) is 5.76 Å². The van der Waals surface area contributed by atoms with Crippen molar-refractivity contribution in [2.75, 3.05) is 0 Å². The molecule has 0 amide bonds. The lowest BCUT2D eigenvalue weighted by Gasteiger charge is -2.38. The fourth-order valence-corrected chi connectivity index (χ4v) is 2.07. The molecule has 1 aliphatic carbocycles. The molecule has 4 heteroatoms. The SMILES string of the molecule is O=C(O)C(O)=C1OC2CCC1CC2. The topological polar surface area (TPSA) is 66.8 Å². The molecule has 0 aromatic rings. The number of aliphatic hydroxyl groups is 1. The van der Waals surface area contributed by atoms with Gasteiger partial charge in [0.15, 0.2) is 0 Å². The van der Waals surface area contributed by atoms with Gasteiger partial charge < -0.3 is 14.9 Å². The van der Waals surface area contributed by atoms with Crippen molar-refractivity contribution in [1.82, 2.24) is 0 Å². The number of aliphatic hydroxyl groups excluding tert-OH is 1. The number of hydrogen-bond donors (Lipinski definition) is 2. The smallest absolute Gasteiger partial charge is 0.374 e. The monoisotopic (exact) mass is 184 g/mol. The zero-order valence-electron chi connectivity index (χ0n) is 7.19. The molecule has 0 aromatic heterocycles. The van der Waals surface area contributed by atoms with E-state index in [1.807, 2.05) is 0 Å². The van der Waals surface area contributed by atoms with Gasteiger partial charge in [-0.05, 0) is 25.7 Å². The molecule has 0 unspecified atom stereocenters. The van der Waals surface area contributed by atoms with Gasteiger partial charge in [0, 0.05) is 5.92 Å². The predicted octanol–water partition coefficient (Wildman–Crippen LogP) is 1.43. The van der Waals surface area contributed by atoms with Crippen LogP contribution in [0, 0.1) is 5.92 Å². The van der Waals surface area contributed by atoms with Crippen LogP contribution >= 0.6 is 0 Å². The van der Waals surface area contributed by atoms with Crippen molar-refractivity contribution < 1.29 is 19.7 Å². The van der Waals surface area contributed by atoms with Gasteiger partial charge in [-0.25, -0.2) is 4.79 Å². The van der Waals surface area contributed by atoms with Gasteiger partial charge in [0.25, 0.3) is 0 Å². The molecule has 3 aliphatic rings. The number of ether oxygens (including phenoxy) is 1. The molecule has 2 saturated heterocycles.